The lowest BCUT2D eigenvalue weighted by Crippen LogP contribution is -2.38. The van der Waals surface area contributed by atoms with Crippen LogP contribution in [0.5, 0.6) is 0 Å². The smallest absolute Gasteiger partial charge is 0.145 e. The molecule has 0 saturated heterocycles. The fraction of sp³-hybridized carbons (Fsp3) is 0.429. The second kappa shape index (κ2) is 4.90. The van der Waals surface area contributed by atoms with E-state index in [2.05, 4.69) is 15.3 Å². The number of anilines is 1. The number of benzene rings is 1. The van der Waals surface area contributed by atoms with Gasteiger partial charge in [-0.3, -0.25) is 4.98 Å². The molecule has 2 aromatic rings. The highest BCUT2D eigenvalue weighted by atomic mass is 16.3. The van der Waals surface area contributed by atoms with E-state index in [1.165, 1.54) is 0 Å². The summed E-state index contributed by atoms with van der Waals surface area (Å²) in [4.78, 5) is 8.77. The second-order valence-electron chi connectivity index (χ2n) is 5.11. The molecule has 0 saturated carbocycles. The molecule has 0 radical (unpaired) electrons. The maximum Gasteiger partial charge on any atom is 0.145 e. The lowest BCUT2D eigenvalue weighted by atomic mass is 9.93. The van der Waals surface area contributed by atoms with Crippen LogP contribution in [0.3, 0.4) is 0 Å². The third-order valence-corrected chi connectivity index (χ3v) is 3.32. The van der Waals surface area contributed by atoms with Gasteiger partial charge >= 0.3 is 0 Å². The molecule has 4 heteroatoms. The van der Waals surface area contributed by atoms with E-state index < -0.39 is 5.60 Å². The van der Waals surface area contributed by atoms with Crippen molar-refractivity contribution in [3.8, 4) is 0 Å². The maximum absolute atomic E-state index is 10.2. The molecular formula is C14H19N3O. The van der Waals surface area contributed by atoms with E-state index in [0.29, 0.717) is 12.4 Å². The number of fused-ring (bicyclic) bond motifs is 1. The molecule has 1 aromatic carbocycles. The van der Waals surface area contributed by atoms with Crippen LogP contribution in [0.25, 0.3) is 11.0 Å². The third-order valence-electron chi connectivity index (χ3n) is 3.32. The molecular weight excluding hydrogens is 226 g/mol. The number of para-hydroxylation sites is 2. The molecule has 0 aliphatic carbocycles. The normalized spacial score (nSPS) is 14.7. The van der Waals surface area contributed by atoms with Gasteiger partial charge in [0.25, 0.3) is 0 Å². The van der Waals surface area contributed by atoms with Gasteiger partial charge in [0.05, 0.1) is 22.8 Å². The fourth-order valence-electron chi connectivity index (χ4n) is 1.52. The number of hydrogen-bond acceptors (Lipinski definition) is 4. The SMILES string of the molecule is CC(C)[C@@](C)(O)CNc1cnc2ccccc2n1. The minimum Gasteiger partial charge on any atom is -0.388 e. The van der Waals surface area contributed by atoms with Crippen molar-refractivity contribution in [2.45, 2.75) is 26.4 Å². The Bertz CT molecular complexity index is 537. The Morgan fingerprint density at radius 3 is 2.61 bits per heavy atom. The average molecular weight is 245 g/mol. The van der Waals surface area contributed by atoms with Crippen LogP contribution >= 0.6 is 0 Å². The summed E-state index contributed by atoms with van der Waals surface area (Å²) in [5.74, 6) is 0.869. The standard InChI is InChI=1S/C14H19N3O/c1-10(2)14(3,18)9-16-13-8-15-11-6-4-5-7-12(11)17-13/h4-8,10,18H,9H2,1-3H3,(H,16,17)/t14-/m0/s1. The molecule has 0 amide bonds. The van der Waals surface area contributed by atoms with Crippen LogP contribution in [0.1, 0.15) is 20.8 Å². The number of aliphatic hydroxyl groups is 1. The van der Waals surface area contributed by atoms with E-state index in [9.17, 15) is 5.11 Å². The van der Waals surface area contributed by atoms with Gasteiger partial charge in [-0.15, -0.1) is 0 Å². The van der Waals surface area contributed by atoms with Crippen molar-refractivity contribution in [2.24, 2.45) is 5.92 Å². The Hall–Kier alpha value is -1.68. The van der Waals surface area contributed by atoms with E-state index in [0.717, 1.165) is 11.0 Å². The zero-order chi connectivity index (χ0) is 13.2. The molecule has 96 valence electrons. The summed E-state index contributed by atoms with van der Waals surface area (Å²) in [7, 11) is 0. The third kappa shape index (κ3) is 2.76. The molecule has 0 bridgehead atoms. The summed E-state index contributed by atoms with van der Waals surface area (Å²) in [5, 5.41) is 13.3. The summed E-state index contributed by atoms with van der Waals surface area (Å²) < 4.78 is 0. The molecule has 0 fully saturated rings. The molecule has 1 heterocycles. The van der Waals surface area contributed by atoms with Crippen LogP contribution < -0.4 is 5.32 Å². The first-order chi connectivity index (χ1) is 8.49. The molecule has 2 rings (SSSR count). The summed E-state index contributed by atoms with van der Waals surface area (Å²) in [6.45, 7) is 6.26. The molecule has 4 nitrogen and oxygen atoms in total. The van der Waals surface area contributed by atoms with Gasteiger partial charge in [0.1, 0.15) is 5.82 Å². The number of rotatable bonds is 4. The first-order valence-corrected chi connectivity index (χ1v) is 6.17. The van der Waals surface area contributed by atoms with Gasteiger partial charge in [0.2, 0.25) is 0 Å². The van der Waals surface area contributed by atoms with Crippen LogP contribution in [-0.4, -0.2) is 27.2 Å². The Labute approximate surface area is 107 Å². The highest BCUT2D eigenvalue weighted by Crippen LogP contribution is 2.17. The topological polar surface area (TPSA) is 58.0 Å². The van der Waals surface area contributed by atoms with Gasteiger partial charge in [0.15, 0.2) is 0 Å². The van der Waals surface area contributed by atoms with Crippen molar-refractivity contribution < 1.29 is 5.11 Å². The monoisotopic (exact) mass is 245 g/mol. The highest BCUT2D eigenvalue weighted by Gasteiger charge is 2.24. The molecule has 18 heavy (non-hydrogen) atoms. The zero-order valence-corrected chi connectivity index (χ0v) is 11.0. The van der Waals surface area contributed by atoms with Crippen molar-refractivity contribution >= 4 is 16.9 Å². The molecule has 0 unspecified atom stereocenters. The summed E-state index contributed by atoms with van der Waals surface area (Å²) >= 11 is 0. The lowest BCUT2D eigenvalue weighted by Gasteiger charge is -2.27. The minimum atomic E-state index is -0.757. The molecule has 2 N–H and O–H groups in total. The average Bonchev–Trinajstić information content (AvgIpc) is 2.36. The Kier molecular flexibility index (Phi) is 3.48. The van der Waals surface area contributed by atoms with Gasteiger partial charge in [-0.25, -0.2) is 4.98 Å². The zero-order valence-electron chi connectivity index (χ0n) is 11.0. The minimum absolute atomic E-state index is 0.179. The summed E-state index contributed by atoms with van der Waals surface area (Å²) in [6, 6.07) is 7.73. The van der Waals surface area contributed by atoms with E-state index in [4.69, 9.17) is 0 Å². The van der Waals surface area contributed by atoms with Gasteiger partial charge in [-0.05, 0) is 25.0 Å². The molecule has 0 aliphatic rings. The lowest BCUT2D eigenvalue weighted by molar-refractivity contribution is 0.0265. The van der Waals surface area contributed by atoms with Gasteiger partial charge < -0.3 is 10.4 Å². The van der Waals surface area contributed by atoms with E-state index in [-0.39, 0.29) is 5.92 Å². The van der Waals surface area contributed by atoms with Gasteiger partial charge in [-0.2, -0.15) is 0 Å². The quantitative estimate of drug-likeness (QED) is 0.868. The Balaban J connectivity index is 2.13. The van der Waals surface area contributed by atoms with Crippen LogP contribution in [0.2, 0.25) is 0 Å². The number of nitrogens with one attached hydrogen (secondary N) is 1. The first-order valence-electron chi connectivity index (χ1n) is 6.17. The molecule has 1 aromatic heterocycles. The first kappa shape index (κ1) is 12.8. The number of aromatic nitrogens is 2. The van der Waals surface area contributed by atoms with E-state index in [1.807, 2.05) is 45.0 Å². The molecule has 0 aliphatic heterocycles. The van der Waals surface area contributed by atoms with Crippen molar-refractivity contribution in [1.29, 1.82) is 0 Å². The van der Waals surface area contributed by atoms with Crippen molar-refractivity contribution in [1.82, 2.24) is 9.97 Å². The fourth-order valence-corrected chi connectivity index (χ4v) is 1.52. The Morgan fingerprint density at radius 2 is 1.94 bits per heavy atom. The van der Waals surface area contributed by atoms with Crippen LogP contribution in [0, 0.1) is 5.92 Å². The van der Waals surface area contributed by atoms with Crippen LogP contribution in [0.4, 0.5) is 5.82 Å². The van der Waals surface area contributed by atoms with Crippen molar-refractivity contribution in [3.05, 3.63) is 30.5 Å². The maximum atomic E-state index is 10.2. The summed E-state index contributed by atoms with van der Waals surface area (Å²) in [5.41, 5.74) is 0.971. The van der Waals surface area contributed by atoms with Crippen molar-refractivity contribution in [2.75, 3.05) is 11.9 Å². The van der Waals surface area contributed by atoms with Crippen LogP contribution in [-0.2, 0) is 0 Å². The molecule has 0 spiro atoms. The number of nitrogens with zero attached hydrogens (tertiary/aromatic N) is 2. The Morgan fingerprint density at radius 1 is 1.28 bits per heavy atom. The highest BCUT2D eigenvalue weighted by molar-refractivity contribution is 5.75. The molecule has 1 atom stereocenters. The van der Waals surface area contributed by atoms with Gasteiger partial charge in [-0.1, -0.05) is 26.0 Å². The predicted molar refractivity (Wildman–Crippen MR) is 73.5 cm³/mol. The van der Waals surface area contributed by atoms with Crippen LogP contribution in [0.15, 0.2) is 30.5 Å². The number of hydrogen-bond donors (Lipinski definition) is 2. The van der Waals surface area contributed by atoms with E-state index in [1.54, 1.807) is 6.20 Å². The summed E-state index contributed by atoms with van der Waals surface area (Å²) in [6.07, 6.45) is 1.69. The van der Waals surface area contributed by atoms with Gasteiger partial charge in [0, 0.05) is 6.54 Å². The van der Waals surface area contributed by atoms with E-state index >= 15 is 0 Å². The van der Waals surface area contributed by atoms with Crippen molar-refractivity contribution in [3.63, 3.8) is 0 Å². The second-order valence-corrected chi connectivity index (χ2v) is 5.11. The largest absolute Gasteiger partial charge is 0.388 e. The predicted octanol–water partition coefficient (Wildman–Crippen LogP) is 2.45.